The predicted molar refractivity (Wildman–Crippen MR) is 88.6 cm³/mol. The Kier molecular flexibility index (Phi) is 6.08. The standard InChI is InChI=1S/C16H24ClNO2S/c1-2-8-18-11-15(14-7-9-21(19,20)12-14)10-13-5-3-4-6-16(13)17/h3-6,14-15,18H,2,7-12H2,1H3. The molecule has 1 aliphatic heterocycles. The molecule has 2 atom stereocenters. The zero-order chi connectivity index (χ0) is 15.3. The van der Waals surface area contributed by atoms with Crippen LogP contribution in [-0.2, 0) is 16.3 Å². The van der Waals surface area contributed by atoms with Crippen molar-refractivity contribution in [2.24, 2.45) is 11.8 Å². The van der Waals surface area contributed by atoms with Crippen LogP contribution in [0, 0.1) is 11.8 Å². The van der Waals surface area contributed by atoms with Gasteiger partial charge in [0.15, 0.2) is 9.84 Å². The first-order valence-corrected chi connectivity index (χ1v) is 9.86. The molecule has 0 amide bonds. The second-order valence-electron chi connectivity index (χ2n) is 5.92. The third kappa shape index (κ3) is 4.97. The minimum absolute atomic E-state index is 0.246. The lowest BCUT2D eigenvalue weighted by molar-refractivity contribution is 0.343. The Hall–Kier alpha value is -0.580. The molecule has 21 heavy (non-hydrogen) atoms. The van der Waals surface area contributed by atoms with Gasteiger partial charge >= 0.3 is 0 Å². The monoisotopic (exact) mass is 329 g/mol. The molecule has 1 saturated heterocycles. The van der Waals surface area contributed by atoms with E-state index >= 15 is 0 Å². The smallest absolute Gasteiger partial charge is 0.150 e. The number of nitrogens with one attached hydrogen (secondary N) is 1. The average Bonchev–Trinajstić information content (AvgIpc) is 2.80. The van der Waals surface area contributed by atoms with Crippen LogP contribution in [0.2, 0.25) is 5.02 Å². The van der Waals surface area contributed by atoms with E-state index in [0.29, 0.717) is 17.4 Å². The maximum Gasteiger partial charge on any atom is 0.150 e. The van der Waals surface area contributed by atoms with Gasteiger partial charge in [-0.15, -0.1) is 0 Å². The zero-order valence-corrected chi connectivity index (χ0v) is 14.1. The second-order valence-corrected chi connectivity index (χ2v) is 8.56. The molecule has 1 N–H and O–H groups in total. The van der Waals surface area contributed by atoms with Gasteiger partial charge in [-0.1, -0.05) is 36.7 Å². The van der Waals surface area contributed by atoms with Gasteiger partial charge in [-0.3, -0.25) is 0 Å². The summed E-state index contributed by atoms with van der Waals surface area (Å²) in [4.78, 5) is 0. The fourth-order valence-corrected chi connectivity index (χ4v) is 5.14. The van der Waals surface area contributed by atoms with Gasteiger partial charge in [0.25, 0.3) is 0 Å². The summed E-state index contributed by atoms with van der Waals surface area (Å²) in [5.74, 6) is 1.24. The molecule has 3 nitrogen and oxygen atoms in total. The summed E-state index contributed by atoms with van der Waals surface area (Å²) in [6.45, 7) is 3.97. The third-order valence-corrected chi connectivity index (χ3v) is 6.37. The van der Waals surface area contributed by atoms with Crippen molar-refractivity contribution in [3.63, 3.8) is 0 Å². The van der Waals surface area contributed by atoms with Gasteiger partial charge in [0, 0.05) is 5.02 Å². The Labute approximate surface area is 133 Å². The summed E-state index contributed by atoms with van der Waals surface area (Å²) < 4.78 is 23.5. The molecule has 5 heteroatoms. The van der Waals surface area contributed by atoms with Gasteiger partial charge in [0.2, 0.25) is 0 Å². The molecule has 0 aliphatic carbocycles. The molecule has 0 aromatic heterocycles. The van der Waals surface area contributed by atoms with E-state index in [2.05, 4.69) is 12.2 Å². The van der Waals surface area contributed by atoms with Crippen molar-refractivity contribution in [2.45, 2.75) is 26.2 Å². The Morgan fingerprint density at radius 3 is 2.76 bits per heavy atom. The van der Waals surface area contributed by atoms with Crippen molar-refractivity contribution in [2.75, 3.05) is 24.6 Å². The quantitative estimate of drug-likeness (QED) is 0.782. The van der Waals surface area contributed by atoms with Crippen LogP contribution < -0.4 is 5.32 Å². The largest absolute Gasteiger partial charge is 0.316 e. The zero-order valence-electron chi connectivity index (χ0n) is 12.5. The molecule has 0 bridgehead atoms. The van der Waals surface area contributed by atoms with Crippen LogP contribution in [0.3, 0.4) is 0 Å². The lowest BCUT2D eigenvalue weighted by atomic mass is 9.86. The van der Waals surface area contributed by atoms with Crippen molar-refractivity contribution < 1.29 is 8.42 Å². The van der Waals surface area contributed by atoms with Gasteiger partial charge in [-0.05, 0) is 55.8 Å². The summed E-state index contributed by atoms with van der Waals surface area (Å²) in [6, 6.07) is 7.86. The van der Waals surface area contributed by atoms with Crippen LogP contribution in [0.1, 0.15) is 25.3 Å². The number of rotatable bonds is 7. The van der Waals surface area contributed by atoms with Crippen LogP contribution in [-0.4, -0.2) is 33.0 Å². The molecular formula is C16H24ClNO2S. The maximum absolute atomic E-state index is 11.7. The Bertz CT molecular complexity index is 559. The van der Waals surface area contributed by atoms with Gasteiger partial charge < -0.3 is 5.32 Å². The van der Waals surface area contributed by atoms with Gasteiger partial charge in [0.05, 0.1) is 11.5 Å². The molecule has 0 radical (unpaired) electrons. The molecule has 0 spiro atoms. The highest BCUT2D eigenvalue weighted by Crippen LogP contribution is 2.30. The highest BCUT2D eigenvalue weighted by atomic mass is 35.5. The molecule has 2 rings (SSSR count). The second kappa shape index (κ2) is 7.61. The van der Waals surface area contributed by atoms with E-state index < -0.39 is 9.84 Å². The lowest BCUT2D eigenvalue weighted by Crippen LogP contribution is -2.31. The van der Waals surface area contributed by atoms with Crippen LogP contribution in [0.5, 0.6) is 0 Å². The number of hydrogen-bond donors (Lipinski definition) is 1. The summed E-state index contributed by atoms with van der Waals surface area (Å²) >= 11 is 6.25. The van der Waals surface area contributed by atoms with E-state index in [9.17, 15) is 8.42 Å². The van der Waals surface area contributed by atoms with E-state index in [1.807, 2.05) is 24.3 Å². The van der Waals surface area contributed by atoms with Crippen molar-refractivity contribution in [3.05, 3.63) is 34.9 Å². The number of sulfone groups is 1. The fourth-order valence-electron chi connectivity index (χ4n) is 3.01. The first-order valence-electron chi connectivity index (χ1n) is 7.66. The summed E-state index contributed by atoms with van der Waals surface area (Å²) in [7, 11) is -2.83. The molecule has 118 valence electrons. The topological polar surface area (TPSA) is 46.2 Å². The Morgan fingerprint density at radius 2 is 2.14 bits per heavy atom. The van der Waals surface area contributed by atoms with Crippen molar-refractivity contribution in [3.8, 4) is 0 Å². The summed E-state index contributed by atoms with van der Waals surface area (Å²) in [5, 5.41) is 4.22. The average molecular weight is 330 g/mol. The van der Waals surface area contributed by atoms with Crippen LogP contribution >= 0.6 is 11.6 Å². The maximum atomic E-state index is 11.7. The SMILES string of the molecule is CCCNCC(Cc1ccccc1Cl)C1CCS(=O)(=O)C1. The van der Waals surface area contributed by atoms with E-state index in [1.54, 1.807) is 0 Å². The predicted octanol–water partition coefficient (Wildman–Crippen LogP) is 2.93. The molecule has 1 aromatic carbocycles. The third-order valence-electron chi connectivity index (χ3n) is 4.21. The molecule has 1 aromatic rings. The summed E-state index contributed by atoms with van der Waals surface area (Å²) in [5.41, 5.74) is 1.12. The molecule has 2 unspecified atom stereocenters. The Balaban J connectivity index is 2.07. The van der Waals surface area contributed by atoms with Crippen molar-refractivity contribution >= 4 is 21.4 Å². The first-order chi connectivity index (χ1) is 10.0. The van der Waals surface area contributed by atoms with E-state index in [0.717, 1.165) is 42.9 Å². The lowest BCUT2D eigenvalue weighted by Gasteiger charge is -2.23. The molecule has 1 aliphatic rings. The molecule has 1 heterocycles. The first kappa shape index (κ1) is 16.8. The Morgan fingerprint density at radius 1 is 1.38 bits per heavy atom. The van der Waals surface area contributed by atoms with Crippen LogP contribution in [0.25, 0.3) is 0 Å². The number of hydrogen-bond acceptors (Lipinski definition) is 3. The fraction of sp³-hybridized carbons (Fsp3) is 0.625. The highest BCUT2D eigenvalue weighted by molar-refractivity contribution is 7.91. The van der Waals surface area contributed by atoms with E-state index in [4.69, 9.17) is 11.6 Å². The minimum atomic E-state index is -2.83. The van der Waals surface area contributed by atoms with Crippen molar-refractivity contribution in [1.29, 1.82) is 0 Å². The van der Waals surface area contributed by atoms with E-state index in [1.165, 1.54) is 0 Å². The van der Waals surface area contributed by atoms with Crippen LogP contribution in [0.15, 0.2) is 24.3 Å². The van der Waals surface area contributed by atoms with Crippen LogP contribution in [0.4, 0.5) is 0 Å². The molecular weight excluding hydrogens is 306 g/mol. The molecule has 1 fully saturated rings. The van der Waals surface area contributed by atoms with Crippen molar-refractivity contribution in [1.82, 2.24) is 5.32 Å². The van der Waals surface area contributed by atoms with Gasteiger partial charge in [-0.25, -0.2) is 8.42 Å². The van der Waals surface area contributed by atoms with E-state index in [-0.39, 0.29) is 5.92 Å². The minimum Gasteiger partial charge on any atom is -0.316 e. The number of benzene rings is 1. The highest BCUT2D eigenvalue weighted by Gasteiger charge is 2.33. The number of halogens is 1. The van der Waals surface area contributed by atoms with Gasteiger partial charge in [-0.2, -0.15) is 0 Å². The molecule has 0 saturated carbocycles. The van der Waals surface area contributed by atoms with Gasteiger partial charge in [0.1, 0.15) is 0 Å². The summed E-state index contributed by atoms with van der Waals surface area (Å²) in [6.07, 6.45) is 2.71. The normalized spacial score (nSPS) is 22.3.